The first-order chi connectivity index (χ1) is 11.9. The second-order valence-corrected chi connectivity index (χ2v) is 9.13. The molecule has 146 valence electrons. The molecule has 2 aliphatic carbocycles. The first kappa shape index (κ1) is 27.0. The van der Waals surface area contributed by atoms with Crippen molar-refractivity contribution in [3.8, 4) is 11.1 Å². The summed E-state index contributed by atoms with van der Waals surface area (Å²) in [5.41, 5.74) is 8.47. The maximum atomic E-state index is 3.69. The fourth-order valence-corrected chi connectivity index (χ4v) is 3.48. The monoisotopic (exact) mass is 464 g/mol. The quantitative estimate of drug-likeness (QED) is 0.265. The Balaban J connectivity index is 0.00000115. The predicted molar refractivity (Wildman–Crippen MR) is 125 cm³/mol. The van der Waals surface area contributed by atoms with Gasteiger partial charge < -0.3 is 14.9 Å². The van der Waals surface area contributed by atoms with E-state index in [1.165, 1.54) is 33.4 Å². The van der Waals surface area contributed by atoms with E-state index in [4.69, 9.17) is 0 Å². The van der Waals surface area contributed by atoms with Crippen molar-refractivity contribution < 1.29 is 26.2 Å². The molecule has 2 aliphatic rings. The molecule has 0 aromatic heterocycles. The van der Waals surface area contributed by atoms with Gasteiger partial charge in [-0.1, -0.05) is 87.5 Å². The Kier molecular flexibility index (Phi) is 10.9. The summed E-state index contributed by atoms with van der Waals surface area (Å²) >= 11 is 0. The third kappa shape index (κ3) is 5.77. The molecule has 1 unspecified atom stereocenters. The standard InChI is InChI=1S/C22H21.C2H7Si.2CH3.Zr/c1-22(2,3)19-10-8-16(14-19)15-9-11-21-18(12-15)13-17-6-4-5-7-20(17)21;1-3-2;;;/h4-11,14,16H,13H2,1-3H3;3H,1-2H3;2*1H3;/q-1;;2*-1;+3. The summed E-state index contributed by atoms with van der Waals surface area (Å²) in [7, 11) is 0.750. The maximum absolute atomic E-state index is 3.69. The topological polar surface area (TPSA) is 0 Å². The van der Waals surface area contributed by atoms with Gasteiger partial charge in [0.25, 0.3) is 0 Å². The van der Waals surface area contributed by atoms with Crippen molar-refractivity contribution in [1.82, 2.24) is 0 Å². The third-order valence-electron chi connectivity index (χ3n) is 4.79. The maximum Gasteiger partial charge on any atom is 3.00 e. The Morgan fingerprint density at radius 3 is 2.21 bits per heavy atom. The van der Waals surface area contributed by atoms with E-state index in [1.807, 2.05) is 0 Å². The first-order valence-electron chi connectivity index (χ1n) is 9.22. The largest absolute Gasteiger partial charge is 3.00 e. The fraction of sp³-hybridized carbons (Fsp3) is 0.308. The van der Waals surface area contributed by atoms with Crippen LogP contribution in [0.4, 0.5) is 0 Å². The Morgan fingerprint density at radius 2 is 1.61 bits per heavy atom. The molecule has 28 heavy (non-hydrogen) atoms. The minimum absolute atomic E-state index is 0. The van der Waals surface area contributed by atoms with E-state index in [0.717, 1.165) is 15.9 Å². The summed E-state index contributed by atoms with van der Waals surface area (Å²) in [6, 6.07) is 16.9. The normalized spacial score (nSPS) is 15.6. The van der Waals surface area contributed by atoms with E-state index < -0.39 is 0 Å². The molecule has 2 aromatic carbocycles. The van der Waals surface area contributed by atoms with Gasteiger partial charge in [0.2, 0.25) is 0 Å². The second kappa shape index (κ2) is 11.3. The van der Waals surface area contributed by atoms with Crippen molar-refractivity contribution in [3.63, 3.8) is 0 Å². The van der Waals surface area contributed by atoms with Crippen LogP contribution in [0.15, 0.2) is 60.2 Å². The van der Waals surface area contributed by atoms with Crippen molar-refractivity contribution in [2.24, 2.45) is 5.41 Å². The van der Waals surface area contributed by atoms with Crippen molar-refractivity contribution in [1.29, 1.82) is 0 Å². The van der Waals surface area contributed by atoms with Crippen LogP contribution in [0.3, 0.4) is 0 Å². The van der Waals surface area contributed by atoms with Gasteiger partial charge in [0.05, 0.1) is 0 Å². The summed E-state index contributed by atoms with van der Waals surface area (Å²) in [5, 5.41) is 0. The number of allylic oxidation sites excluding steroid dienone is 4. The molecular formula is C26H34SiZr. The van der Waals surface area contributed by atoms with Crippen molar-refractivity contribution >= 4 is 9.52 Å². The molecule has 0 nitrogen and oxygen atoms in total. The smallest absolute Gasteiger partial charge is 0.358 e. The van der Waals surface area contributed by atoms with Gasteiger partial charge in [0.15, 0.2) is 0 Å². The Morgan fingerprint density at radius 1 is 0.964 bits per heavy atom. The molecule has 0 aliphatic heterocycles. The van der Waals surface area contributed by atoms with E-state index in [0.29, 0.717) is 5.92 Å². The molecule has 0 N–H and O–H groups in total. The molecule has 0 saturated carbocycles. The van der Waals surface area contributed by atoms with E-state index in [9.17, 15) is 0 Å². The van der Waals surface area contributed by atoms with Crippen LogP contribution in [-0.2, 0) is 32.6 Å². The summed E-state index contributed by atoms with van der Waals surface area (Å²) in [6.07, 6.45) is 7.99. The van der Waals surface area contributed by atoms with Gasteiger partial charge in [-0.2, -0.15) is 23.8 Å². The van der Waals surface area contributed by atoms with Gasteiger partial charge >= 0.3 is 26.2 Å². The average molecular weight is 466 g/mol. The van der Waals surface area contributed by atoms with E-state index in [2.05, 4.69) is 94.6 Å². The molecule has 0 heterocycles. The van der Waals surface area contributed by atoms with Crippen LogP contribution in [0.25, 0.3) is 11.1 Å². The number of fused-ring (bicyclic) bond motifs is 3. The van der Waals surface area contributed by atoms with Crippen LogP contribution in [-0.4, -0.2) is 9.52 Å². The van der Waals surface area contributed by atoms with E-state index in [-0.39, 0.29) is 46.5 Å². The molecule has 1 atom stereocenters. The van der Waals surface area contributed by atoms with E-state index >= 15 is 0 Å². The second-order valence-electron chi connectivity index (χ2n) is 7.97. The number of rotatable bonds is 1. The zero-order valence-electron chi connectivity index (χ0n) is 18.6. The Bertz CT molecular complexity index is 825. The van der Waals surface area contributed by atoms with Crippen molar-refractivity contribution in [2.45, 2.75) is 46.2 Å². The van der Waals surface area contributed by atoms with Crippen molar-refractivity contribution in [2.75, 3.05) is 0 Å². The van der Waals surface area contributed by atoms with Crippen LogP contribution in [0.2, 0.25) is 13.1 Å². The Labute approximate surface area is 195 Å². The molecule has 0 bridgehead atoms. The summed E-state index contributed by atoms with van der Waals surface area (Å²) < 4.78 is 0. The Hall–Kier alpha value is -0.980. The summed E-state index contributed by atoms with van der Waals surface area (Å²) in [6.45, 7) is 11.2. The summed E-state index contributed by atoms with van der Waals surface area (Å²) in [5.74, 6) is 0.378. The molecule has 2 heteroatoms. The molecule has 0 amide bonds. The van der Waals surface area contributed by atoms with Crippen LogP contribution in [0, 0.1) is 26.3 Å². The number of hydrogen-bond acceptors (Lipinski definition) is 0. The van der Waals surface area contributed by atoms with Crippen LogP contribution in [0.1, 0.15) is 43.4 Å². The molecule has 2 aromatic rings. The molecular weight excluding hydrogens is 432 g/mol. The van der Waals surface area contributed by atoms with Crippen LogP contribution < -0.4 is 0 Å². The third-order valence-corrected chi connectivity index (χ3v) is 4.79. The van der Waals surface area contributed by atoms with Crippen molar-refractivity contribution in [3.05, 3.63) is 97.8 Å². The van der Waals surface area contributed by atoms with Gasteiger partial charge in [0, 0.05) is 9.52 Å². The molecule has 0 spiro atoms. The zero-order chi connectivity index (χ0) is 18.0. The molecule has 4 rings (SSSR count). The predicted octanol–water partition coefficient (Wildman–Crippen LogP) is 7.10. The SMILES string of the molecule is CC(C)(C)C1=CC(c2[c-]c3c(cc2)-c2ccccc2C3)C=C1.C[SiH]C.[CH3-].[CH3-].[Zr+3]. The van der Waals surface area contributed by atoms with Crippen LogP contribution >= 0.6 is 0 Å². The minimum Gasteiger partial charge on any atom is -0.358 e. The minimum atomic E-state index is 0. The number of hydrogen-bond donors (Lipinski definition) is 0. The first-order valence-corrected chi connectivity index (χ1v) is 11.5. The van der Waals surface area contributed by atoms with Crippen LogP contribution in [0.5, 0.6) is 0 Å². The van der Waals surface area contributed by atoms with Gasteiger partial charge in [-0.3, -0.25) is 0 Å². The summed E-state index contributed by atoms with van der Waals surface area (Å²) in [4.78, 5) is 0. The fourth-order valence-electron chi connectivity index (χ4n) is 3.48. The van der Waals surface area contributed by atoms with Gasteiger partial charge in [-0.05, 0) is 23.3 Å². The average Bonchev–Trinajstić information content (AvgIpc) is 3.19. The van der Waals surface area contributed by atoms with Gasteiger partial charge in [-0.25, -0.2) is 0 Å². The molecule has 0 saturated heterocycles. The zero-order valence-corrected chi connectivity index (χ0v) is 22.2. The molecule has 0 fully saturated rings. The molecule has 2 radical (unpaired) electrons. The van der Waals surface area contributed by atoms with E-state index in [1.54, 1.807) is 0 Å². The van der Waals surface area contributed by atoms with Gasteiger partial charge in [-0.15, -0.1) is 11.1 Å². The van der Waals surface area contributed by atoms with Gasteiger partial charge in [0.1, 0.15) is 0 Å². The number of benzene rings is 2.